The second-order valence-electron chi connectivity index (χ2n) is 17.3. The molecule has 0 amide bonds. The van der Waals surface area contributed by atoms with Gasteiger partial charge in [-0.3, -0.25) is 23.3 Å². The van der Waals surface area contributed by atoms with Gasteiger partial charge in [0.15, 0.2) is 6.10 Å². The number of unbranched alkanes of at least 4 members (excludes halogenated alkanes) is 18. The van der Waals surface area contributed by atoms with Crippen LogP contribution in [0.3, 0.4) is 0 Å². The van der Waals surface area contributed by atoms with Crippen LogP contribution < -0.4 is 33.1 Å². The van der Waals surface area contributed by atoms with Gasteiger partial charge in [0.05, 0.1) is 6.61 Å². The van der Waals surface area contributed by atoms with E-state index in [2.05, 4.69) is 53.3 Å². The molecule has 0 aromatic rings. The summed E-state index contributed by atoms with van der Waals surface area (Å²) in [6.07, 6.45) is 24.4. The zero-order valence-corrected chi connectivity index (χ0v) is 46.4. The lowest BCUT2D eigenvalue weighted by Crippen LogP contribution is -2.65. The average molecular weight is 1100 g/mol. The summed E-state index contributed by atoms with van der Waals surface area (Å²) in [5.41, 5.74) is 0. The molecule has 0 heterocycles. The maximum absolute atomic E-state index is 13.0. The second-order valence-corrected chi connectivity index (χ2v) is 21.0. The number of hydrogen-bond acceptors (Lipinski definition) is 17. The fourth-order valence-electron chi connectivity index (χ4n) is 7.39. The van der Waals surface area contributed by atoms with Crippen LogP contribution in [0, 0.1) is 0 Å². The molecular weight excluding hydrogens is 1000 g/mol. The van der Waals surface area contributed by atoms with Gasteiger partial charge in [-0.25, -0.2) is 0 Å². The van der Waals surface area contributed by atoms with Crippen molar-refractivity contribution in [1.82, 2.24) is 18.5 Å². The van der Waals surface area contributed by atoms with Gasteiger partial charge in [0.2, 0.25) is 0 Å². The topological polar surface area (TPSA) is 421 Å². The van der Waals surface area contributed by atoms with E-state index in [1.165, 1.54) is 83.5 Å². The van der Waals surface area contributed by atoms with Crippen LogP contribution in [0.15, 0.2) is 48.6 Å². The molecule has 1 saturated carbocycles. The first-order valence-corrected chi connectivity index (χ1v) is 29.3. The fourth-order valence-corrected chi connectivity index (χ4v) is 9.46. The Balaban J connectivity index is -0.0000159. The minimum absolute atomic E-state index is 0. The third kappa shape index (κ3) is 39.4. The number of phosphoric ester groups is 3. The van der Waals surface area contributed by atoms with Gasteiger partial charge in [0.1, 0.15) is 43.2 Å². The number of esters is 2. The van der Waals surface area contributed by atoms with Gasteiger partial charge in [-0.2, -0.15) is 0 Å². The van der Waals surface area contributed by atoms with Gasteiger partial charge in [0.25, 0.3) is 23.5 Å². The minimum Gasteiger partial charge on any atom is -0.756 e. The van der Waals surface area contributed by atoms with Crippen molar-refractivity contribution >= 4 is 35.4 Å². The first-order chi connectivity index (χ1) is 32.8. The summed E-state index contributed by atoms with van der Waals surface area (Å²) in [6, 6.07) is 0. The summed E-state index contributed by atoms with van der Waals surface area (Å²) in [4.78, 5) is 79.7. The Labute approximate surface area is 428 Å². The van der Waals surface area contributed by atoms with Gasteiger partial charge in [-0.05, 0) is 51.4 Å². The predicted octanol–water partition coefficient (Wildman–Crippen LogP) is 8.64. The van der Waals surface area contributed by atoms with Crippen molar-refractivity contribution in [2.24, 2.45) is 0 Å². The summed E-state index contributed by atoms with van der Waals surface area (Å²) in [5, 5.41) is 31.7. The number of rotatable bonds is 42. The summed E-state index contributed by atoms with van der Waals surface area (Å²) in [6.45, 7) is 2.73. The van der Waals surface area contributed by atoms with Gasteiger partial charge in [-0.1, -0.05) is 165 Å². The molecule has 0 spiro atoms. The third-order valence-corrected chi connectivity index (χ3v) is 13.1. The minimum atomic E-state index is -5.84. The van der Waals surface area contributed by atoms with Crippen molar-refractivity contribution in [3.63, 3.8) is 0 Å². The average Bonchev–Trinajstić information content (AvgIpc) is 3.28. The normalized spacial score (nSPS) is 22.1. The van der Waals surface area contributed by atoms with Crippen LogP contribution in [0.1, 0.15) is 181 Å². The molecule has 0 bridgehead atoms. The van der Waals surface area contributed by atoms with E-state index >= 15 is 0 Å². The van der Waals surface area contributed by atoms with Crippen LogP contribution in [0.2, 0.25) is 0 Å². The summed E-state index contributed by atoms with van der Waals surface area (Å²) in [5.74, 6) is -1.43. The molecule has 1 fully saturated rings. The van der Waals surface area contributed by atoms with E-state index in [9.17, 15) is 53.3 Å². The summed E-state index contributed by atoms with van der Waals surface area (Å²) < 4.78 is 64.5. The van der Waals surface area contributed by atoms with E-state index in [0.29, 0.717) is 25.7 Å². The zero-order valence-electron chi connectivity index (χ0n) is 43.8. The van der Waals surface area contributed by atoms with Gasteiger partial charge < -0.3 is 85.8 Å². The number of aliphatic hydroxyl groups excluding tert-OH is 3. The highest BCUT2D eigenvalue weighted by molar-refractivity contribution is 7.46. The van der Waals surface area contributed by atoms with E-state index in [-0.39, 0.29) is 31.3 Å². The number of aliphatic hydroxyl groups is 3. The van der Waals surface area contributed by atoms with Crippen LogP contribution >= 0.6 is 23.5 Å². The molecule has 1 aliphatic rings. The lowest BCUT2D eigenvalue weighted by atomic mass is 9.85. The fraction of sp³-hybridized carbons (Fsp3) is 0.787. The number of ether oxygens (including phenoxy) is 2. The summed E-state index contributed by atoms with van der Waals surface area (Å²) in [7, 11) is -17.5. The molecule has 17 N–H and O–H groups in total. The van der Waals surface area contributed by atoms with E-state index in [4.69, 9.17) is 28.3 Å². The molecule has 0 aliphatic heterocycles. The molecule has 0 saturated heterocycles. The molecule has 22 nitrogen and oxygen atoms in total. The van der Waals surface area contributed by atoms with Crippen LogP contribution in [-0.4, -0.2) is 93.0 Å². The van der Waals surface area contributed by atoms with Gasteiger partial charge in [0, 0.05) is 12.8 Å². The molecule has 72 heavy (non-hydrogen) atoms. The quantitative estimate of drug-likeness (QED) is 0.0123. The van der Waals surface area contributed by atoms with Crippen LogP contribution in [-0.2, 0) is 50.9 Å². The monoisotopic (exact) mass is 1100 g/mol. The highest BCUT2D eigenvalue weighted by Crippen LogP contribution is 2.47. The van der Waals surface area contributed by atoms with Crippen molar-refractivity contribution in [2.45, 2.75) is 224 Å². The second kappa shape index (κ2) is 44.2. The molecule has 0 aromatic heterocycles. The number of hydrogen-bond donors (Lipinski definition) is 8. The molecule has 10 atom stereocenters. The molecule has 25 heteroatoms. The number of phosphoric acid groups is 3. The smallest absolute Gasteiger partial charge is 0.306 e. The largest absolute Gasteiger partial charge is 0.756 e. The lowest BCUT2D eigenvalue weighted by molar-refractivity contribution is -0.278. The van der Waals surface area contributed by atoms with Crippen molar-refractivity contribution in [3.05, 3.63) is 48.6 Å². The van der Waals surface area contributed by atoms with Gasteiger partial charge in [-0.15, -0.1) is 0 Å². The van der Waals surface area contributed by atoms with Gasteiger partial charge >= 0.3 is 11.9 Å². The third-order valence-electron chi connectivity index (χ3n) is 11.1. The first kappa shape index (κ1) is 74.2. The Bertz CT molecular complexity index is 1610. The Morgan fingerprint density at radius 2 is 0.833 bits per heavy atom. The van der Waals surface area contributed by atoms with Crippen molar-refractivity contribution in [1.29, 1.82) is 0 Å². The van der Waals surface area contributed by atoms with Crippen molar-refractivity contribution < 1.29 is 90.6 Å². The molecule has 0 aromatic carbocycles. The van der Waals surface area contributed by atoms with E-state index < -0.39 is 91.3 Å². The number of quaternary nitrogens is 3. The highest BCUT2D eigenvalue weighted by atomic mass is 31.2. The van der Waals surface area contributed by atoms with Crippen LogP contribution in [0.25, 0.3) is 0 Å². The number of allylic oxidation sites excluding steroid dienone is 8. The van der Waals surface area contributed by atoms with E-state index in [0.717, 1.165) is 44.9 Å². The lowest BCUT2D eigenvalue weighted by Gasteiger charge is -2.47. The maximum Gasteiger partial charge on any atom is 0.306 e. The molecule has 5 unspecified atom stereocenters. The maximum atomic E-state index is 13.0. The van der Waals surface area contributed by atoms with Crippen molar-refractivity contribution in [3.8, 4) is 0 Å². The van der Waals surface area contributed by atoms with Crippen LogP contribution in [0.4, 0.5) is 0 Å². The zero-order chi connectivity index (χ0) is 51.4. The van der Waals surface area contributed by atoms with E-state index in [1.807, 2.05) is 18.2 Å². The molecule has 1 rings (SSSR count). The Morgan fingerprint density at radius 3 is 1.25 bits per heavy atom. The predicted molar refractivity (Wildman–Crippen MR) is 273 cm³/mol. The first-order valence-electron chi connectivity index (χ1n) is 24.9. The number of carbonyl (C=O) groups is 2. The Morgan fingerprint density at radius 1 is 0.486 bits per heavy atom. The molecule has 426 valence electrons. The number of carbonyl (C=O) groups excluding carboxylic acids is 2. The Hall–Kier alpha value is -2.01. The van der Waals surface area contributed by atoms with Crippen LogP contribution in [0.5, 0.6) is 0 Å². The highest BCUT2D eigenvalue weighted by Gasteiger charge is 2.54. The molecule has 0 radical (unpaired) electrons. The molecule has 1 aliphatic carbocycles. The standard InChI is InChI=1S/C47H85O19P3.3H3N/c1-3-5-7-9-11-13-15-17-19-20-22-24-26-28-30-32-34-36-41(49)63-39(37-61-40(48)35-33-31-29-27-25-23-21-18-16-14-12-10-8-6-4-2)38-62-69(59,60)66-47-43(51)45(64-67(53,54)55)42(50)46(44(47)52)65-68(56,57)58;;;/h11,13,17,19,22,24,28,30,39,42-47,50-52H,3-10,12,14-16,18,20-21,23,25-27,29,31-38H2,1-2H3,(H,59,60)(H2,53,54,55)(H2,56,57,58);3*1H3/b13-11-,19-17-,24-22-,30-28-;;;/t39-,42?,43-,44-,45-,46+,47?;;;/m1.../s1. The SMILES string of the molecule is CCCCC/C=C\C/C=C\C/C=C\C/C=C\CCCC(=O)O[C@H](COC(=O)CCCCCCCCCCCCCCCCC)COP(=O)([O-])OC1[C@H](O)[C@H](OP(=O)([O-])O)C(O)[C@H](OP(=O)([O-])O)[C@H]1O.[NH4+].[NH4+].[NH4+]. The van der Waals surface area contributed by atoms with E-state index in [1.54, 1.807) is 0 Å². The summed E-state index contributed by atoms with van der Waals surface area (Å²) >= 11 is 0. The Kier molecular flexibility index (Phi) is 45.5. The van der Waals surface area contributed by atoms with Crippen molar-refractivity contribution in [2.75, 3.05) is 13.2 Å². The molecular formula is C47H94N3O19P3.